The first-order valence-electron chi connectivity index (χ1n) is 11.4. The zero-order chi connectivity index (χ0) is 25.1. The van der Waals surface area contributed by atoms with Crippen molar-refractivity contribution in [3.8, 4) is 17.0 Å². The molecule has 1 aliphatic heterocycles. The minimum Gasteiger partial charge on any atom is -0.503 e. The van der Waals surface area contributed by atoms with Crippen molar-refractivity contribution in [2.75, 3.05) is 25.2 Å². The van der Waals surface area contributed by atoms with Crippen LogP contribution in [0.2, 0.25) is 0 Å². The van der Waals surface area contributed by atoms with Gasteiger partial charge in [0.1, 0.15) is 12.4 Å². The van der Waals surface area contributed by atoms with Crippen molar-refractivity contribution in [3.63, 3.8) is 0 Å². The molecule has 1 aliphatic rings. The van der Waals surface area contributed by atoms with Gasteiger partial charge in [-0.1, -0.05) is 44.2 Å². The molecular formula is C27H28N2O5S. The molecule has 0 fully saturated rings. The number of aromatic nitrogens is 1. The normalized spacial score (nSPS) is 15.9. The third-order valence-electron chi connectivity index (χ3n) is 5.82. The highest BCUT2D eigenvalue weighted by Gasteiger charge is 2.45. The van der Waals surface area contributed by atoms with Crippen molar-refractivity contribution in [3.05, 3.63) is 75.8 Å². The Labute approximate surface area is 208 Å². The largest absolute Gasteiger partial charge is 0.503 e. The molecule has 0 spiro atoms. The molecule has 3 aromatic rings. The highest BCUT2D eigenvalue weighted by molar-refractivity contribution is 7.09. The summed E-state index contributed by atoms with van der Waals surface area (Å²) >= 11 is 1.57. The zero-order valence-corrected chi connectivity index (χ0v) is 21.0. The molecule has 1 aromatic heterocycles. The van der Waals surface area contributed by atoms with E-state index in [1.165, 1.54) is 4.90 Å². The molecule has 8 heteroatoms. The van der Waals surface area contributed by atoms with Gasteiger partial charge in [0.2, 0.25) is 0 Å². The van der Waals surface area contributed by atoms with Crippen LogP contribution in [-0.2, 0) is 14.3 Å². The summed E-state index contributed by atoms with van der Waals surface area (Å²) in [5, 5.41) is 13.8. The highest BCUT2D eigenvalue weighted by atomic mass is 32.1. The lowest BCUT2D eigenvalue weighted by Crippen LogP contribution is -2.31. The fourth-order valence-electron chi connectivity index (χ4n) is 4.09. The number of methoxy groups -OCH3 is 1. The molecular weight excluding hydrogens is 464 g/mol. The summed E-state index contributed by atoms with van der Waals surface area (Å²) in [4.78, 5) is 32.5. The van der Waals surface area contributed by atoms with Gasteiger partial charge in [-0.3, -0.25) is 14.5 Å². The van der Waals surface area contributed by atoms with E-state index in [-0.39, 0.29) is 11.4 Å². The number of aliphatic hydroxyl groups excluding tert-OH is 1. The second-order valence-electron chi connectivity index (χ2n) is 8.54. The Morgan fingerprint density at radius 2 is 1.86 bits per heavy atom. The van der Waals surface area contributed by atoms with Gasteiger partial charge in [-0.2, -0.15) is 0 Å². The lowest BCUT2D eigenvalue weighted by Gasteiger charge is -2.28. The predicted molar refractivity (Wildman–Crippen MR) is 136 cm³/mol. The van der Waals surface area contributed by atoms with Crippen molar-refractivity contribution in [1.82, 2.24) is 4.98 Å². The third kappa shape index (κ3) is 4.85. The molecule has 35 heavy (non-hydrogen) atoms. The van der Waals surface area contributed by atoms with E-state index in [9.17, 15) is 14.7 Å². The first-order chi connectivity index (χ1) is 16.8. The van der Waals surface area contributed by atoms with Gasteiger partial charge in [-0.15, -0.1) is 11.3 Å². The van der Waals surface area contributed by atoms with Gasteiger partial charge in [0.15, 0.2) is 11.5 Å². The van der Waals surface area contributed by atoms with Crippen molar-refractivity contribution in [2.45, 2.75) is 26.8 Å². The first-order valence-corrected chi connectivity index (χ1v) is 12.3. The molecule has 4 rings (SSSR count). The third-order valence-corrected chi connectivity index (χ3v) is 6.59. The number of hydrogen-bond acceptors (Lipinski definition) is 7. The number of ketones is 1. The highest BCUT2D eigenvalue weighted by Crippen LogP contribution is 2.44. The summed E-state index contributed by atoms with van der Waals surface area (Å²) in [6, 6.07) is 13.8. The van der Waals surface area contributed by atoms with Gasteiger partial charge in [-0.25, -0.2) is 4.98 Å². The summed E-state index contributed by atoms with van der Waals surface area (Å²) in [7, 11) is 1.59. The van der Waals surface area contributed by atoms with E-state index in [0.717, 1.165) is 16.3 Å². The fourth-order valence-corrected chi connectivity index (χ4v) is 4.71. The van der Waals surface area contributed by atoms with Crippen LogP contribution < -0.4 is 9.64 Å². The Balaban J connectivity index is 1.79. The average Bonchev–Trinajstić information content (AvgIpc) is 3.40. The number of ether oxygens (including phenoxy) is 2. The number of anilines is 1. The molecule has 0 bridgehead atoms. The Morgan fingerprint density at radius 1 is 1.14 bits per heavy atom. The molecule has 7 nitrogen and oxygen atoms in total. The van der Waals surface area contributed by atoms with Crippen LogP contribution in [0.25, 0.3) is 11.3 Å². The number of para-hydroxylation sites is 1. The molecule has 0 aliphatic carbocycles. The Hall–Kier alpha value is -3.49. The maximum atomic E-state index is 13.4. The second-order valence-corrected chi connectivity index (χ2v) is 9.60. The van der Waals surface area contributed by atoms with E-state index in [0.29, 0.717) is 30.2 Å². The number of thiazole rings is 1. The maximum Gasteiger partial charge on any atom is 0.294 e. The van der Waals surface area contributed by atoms with Crippen LogP contribution in [0.3, 0.4) is 0 Å². The smallest absolute Gasteiger partial charge is 0.294 e. The van der Waals surface area contributed by atoms with E-state index < -0.39 is 23.6 Å². The van der Waals surface area contributed by atoms with Gasteiger partial charge >= 0.3 is 0 Å². The monoisotopic (exact) mass is 492 g/mol. The van der Waals surface area contributed by atoms with Crippen LogP contribution in [0.5, 0.6) is 5.75 Å². The molecule has 2 heterocycles. The van der Waals surface area contributed by atoms with Gasteiger partial charge in [0.25, 0.3) is 5.91 Å². The lowest BCUT2D eigenvalue weighted by molar-refractivity contribution is -0.119. The molecule has 1 amide bonds. The van der Waals surface area contributed by atoms with Crippen LogP contribution in [-0.4, -0.2) is 42.1 Å². The Morgan fingerprint density at radius 3 is 2.49 bits per heavy atom. The maximum absolute atomic E-state index is 13.4. The van der Waals surface area contributed by atoms with Gasteiger partial charge in [0.05, 0.1) is 28.9 Å². The van der Waals surface area contributed by atoms with Crippen LogP contribution in [0.4, 0.5) is 5.69 Å². The number of amides is 1. The van der Waals surface area contributed by atoms with Crippen LogP contribution in [0.15, 0.2) is 65.2 Å². The fraction of sp³-hybridized carbons (Fsp3) is 0.296. The zero-order valence-electron chi connectivity index (χ0n) is 20.1. The molecule has 0 saturated carbocycles. The van der Waals surface area contributed by atoms with E-state index in [2.05, 4.69) is 4.98 Å². The number of hydrogen-bond donors (Lipinski definition) is 1. The second kappa shape index (κ2) is 10.4. The SMILES string of the molecule is COCCOc1ccccc1C1C(C(=O)C(C)C)=C(O)C(=O)N1c1ccc(-c2csc(C)n2)cc1. The van der Waals surface area contributed by atoms with E-state index in [1.807, 2.05) is 42.6 Å². The summed E-state index contributed by atoms with van der Waals surface area (Å²) in [6.45, 7) is 6.14. The Bertz CT molecular complexity index is 1260. The first kappa shape index (κ1) is 24.6. The van der Waals surface area contributed by atoms with Crippen LogP contribution in [0.1, 0.15) is 30.5 Å². The van der Waals surface area contributed by atoms with E-state index in [1.54, 1.807) is 50.5 Å². The minimum absolute atomic E-state index is 0.0759. The number of aliphatic hydroxyl groups is 1. The quantitative estimate of drug-likeness (QED) is 0.410. The minimum atomic E-state index is -0.830. The van der Waals surface area contributed by atoms with Crippen LogP contribution in [0, 0.1) is 12.8 Å². The lowest BCUT2D eigenvalue weighted by atomic mass is 9.90. The molecule has 2 aromatic carbocycles. The van der Waals surface area contributed by atoms with Crippen LogP contribution >= 0.6 is 11.3 Å². The molecule has 0 radical (unpaired) electrons. The standard InChI is InChI=1S/C27H28N2O5S/c1-16(2)25(30)23-24(20-7-5-6-8-22(20)34-14-13-33-4)29(27(32)26(23)31)19-11-9-18(10-12-19)21-15-35-17(3)28-21/h5-12,15-16,24,31H,13-14H2,1-4H3. The van der Waals surface area contributed by atoms with Gasteiger partial charge in [-0.05, 0) is 25.1 Å². The van der Waals surface area contributed by atoms with E-state index in [4.69, 9.17) is 9.47 Å². The number of carbonyl (C=O) groups excluding carboxylic acids is 2. The average molecular weight is 493 g/mol. The number of benzene rings is 2. The molecule has 0 saturated heterocycles. The van der Waals surface area contributed by atoms with Crippen molar-refractivity contribution in [1.29, 1.82) is 0 Å². The summed E-state index contributed by atoms with van der Waals surface area (Å²) < 4.78 is 11.0. The summed E-state index contributed by atoms with van der Waals surface area (Å²) in [5.41, 5.74) is 3.02. The molecule has 182 valence electrons. The molecule has 1 N–H and O–H groups in total. The number of Topliss-reactive ketones (excluding diaryl/α,β-unsaturated/α-hetero) is 1. The molecule has 1 unspecified atom stereocenters. The number of rotatable bonds is 9. The number of nitrogens with zero attached hydrogens (tertiary/aromatic N) is 2. The van der Waals surface area contributed by atoms with Crippen molar-refractivity contribution < 1.29 is 24.2 Å². The Kier molecular flexibility index (Phi) is 7.33. The van der Waals surface area contributed by atoms with Crippen molar-refractivity contribution in [2.24, 2.45) is 5.92 Å². The summed E-state index contributed by atoms with van der Waals surface area (Å²) in [6.07, 6.45) is 0. The summed E-state index contributed by atoms with van der Waals surface area (Å²) in [5.74, 6) is -1.32. The van der Waals surface area contributed by atoms with Gasteiger partial charge < -0.3 is 14.6 Å². The molecule has 1 atom stereocenters. The van der Waals surface area contributed by atoms with E-state index >= 15 is 0 Å². The van der Waals surface area contributed by atoms with Crippen molar-refractivity contribution >= 4 is 28.7 Å². The number of aryl methyl sites for hydroxylation is 1. The predicted octanol–water partition coefficient (Wildman–Crippen LogP) is 5.27. The topological polar surface area (TPSA) is 89.0 Å². The van der Waals surface area contributed by atoms with Gasteiger partial charge in [0, 0.05) is 35.2 Å². The number of carbonyl (C=O) groups is 2.